The number of aromatic nitrogens is 2. The molecule has 0 bridgehead atoms. The number of rotatable bonds is 5. The van der Waals surface area contributed by atoms with E-state index in [1.54, 1.807) is 36.7 Å². The standard InChI is InChI=1S/C23H28N6O4S/c1-24-20(30)19-15-23(16-29(19)34(32,33)17-6-3-2-4-7-17)14-18(23)21(31)27-10-12-28(13-11-27)22-25-8-5-9-26-22/h2-9,18-19H,10-16H2,1H3,(H,24,30)/t18-,19+,23+/m1/s1. The molecule has 180 valence electrons. The molecular weight excluding hydrogens is 456 g/mol. The van der Waals surface area contributed by atoms with Crippen molar-refractivity contribution < 1.29 is 18.0 Å². The molecule has 10 nitrogen and oxygen atoms in total. The van der Waals surface area contributed by atoms with Crippen LogP contribution in [0.25, 0.3) is 0 Å². The van der Waals surface area contributed by atoms with Crippen molar-refractivity contribution >= 4 is 27.8 Å². The van der Waals surface area contributed by atoms with Crippen molar-refractivity contribution in [2.45, 2.75) is 23.8 Å². The van der Waals surface area contributed by atoms with E-state index in [-0.39, 0.29) is 29.2 Å². The zero-order chi connectivity index (χ0) is 23.9. The molecule has 2 aliphatic heterocycles. The van der Waals surface area contributed by atoms with E-state index in [0.717, 1.165) is 0 Å². The molecule has 3 heterocycles. The van der Waals surface area contributed by atoms with E-state index in [4.69, 9.17) is 0 Å². The number of hydrogen-bond donors (Lipinski definition) is 1. The van der Waals surface area contributed by atoms with Crippen molar-refractivity contribution in [2.24, 2.45) is 11.3 Å². The number of carbonyl (C=O) groups is 2. The summed E-state index contributed by atoms with van der Waals surface area (Å²) in [5, 5.41) is 2.60. The van der Waals surface area contributed by atoms with E-state index in [1.807, 2.05) is 4.90 Å². The number of carbonyl (C=O) groups excluding carboxylic acids is 2. The summed E-state index contributed by atoms with van der Waals surface area (Å²) in [5.74, 6) is 0.0906. The van der Waals surface area contributed by atoms with Crippen LogP contribution in [0, 0.1) is 11.3 Å². The highest BCUT2D eigenvalue weighted by Gasteiger charge is 2.66. The summed E-state index contributed by atoms with van der Waals surface area (Å²) < 4.78 is 28.0. The third-order valence-electron chi connectivity index (χ3n) is 7.23. The highest BCUT2D eigenvalue weighted by atomic mass is 32.2. The Balaban J connectivity index is 1.29. The van der Waals surface area contributed by atoms with Crippen LogP contribution in [0.3, 0.4) is 0 Å². The molecule has 1 N–H and O–H groups in total. The van der Waals surface area contributed by atoms with Crippen molar-refractivity contribution in [2.75, 3.05) is 44.7 Å². The van der Waals surface area contributed by atoms with Crippen LogP contribution in [-0.4, -0.2) is 85.2 Å². The third kappa shape index (κ3) is 3.92. The van der Waals surface area contributed by atoms with Gasteiger partial charge in [-0.05, 0) is 36.5 Å². The average Bonchev–Trinajstić information content (AvgIpc) is 3.44. The largest absolute Gasteiger partial charge is 0.358 e. The first-order valence-corrected chi connectivity index (χ1v) is 12.9. The van der Waals surface area contributed by atoms with Crippen LogP contribution >= 0.6 is 0 Å². The average molecular weight is 485 g/mol. The van der Waals surface area contributed by atoms with E-state index < -0.39 is 21.5 Å². The van der Waals surface area contributed by atoms with Gasteiger partial charge in [0.05, 0.1) is 4.90 Å². The Kier molecular flexibility index (Phi) is 5.76. The molecule has 1 aromatic heterocycles. The number of nitrogens with zero attached hydrogens (tertiary/aromatic N) is 5. The summed E-state index contributed by atoms with van der Waals surface area (Å²) in [5.41, 5.74) is -0.490. The fraction of sp³-hybridized carbons (Fsp3) is 0.478. The number of amides is 2. The zero-order valence-corrected chi connectivity index (χ0v) is 19.8. The first kappa shape index (κ1) is 22.7. The number of piperazine rings is 1. The van der Waals surface area contributed by atoms with Gasteiger partial charge in [0, 0.05) is 58.1 Å². The van der Waals surface area contributed by atoms with Crippen molar-refractivity contribution in [1.82, 2.24) is 24.5 Å². The second-order valence-corrected chi connectivity index (χ2v) is 11.1. The maximum absolute atomic E-state index is 13.4. The summed E-state index contributed by atoms with van der Waals surface area (Å²) in [4.78, 5) is 38.6. The monoisotopic (exact) mass is 484 g/mol. The second-order valence-electron chi connectivity index (χ2n) is 9.18. The molecule has 2 aromatic rings. The van der Waals surface area contributed by atoms with Gasteiger partial charge in [0.1, 0.15) is 6.04 Å². The Morgan fingerprint density at radius 1 is 1.00 bits per heavy atom. The maximum Gasteiger partial charge on any atom is 0.243 e. The SMILES string of the molecule is CNC(=O)[C@@H]1C[C@@]2(C[C@@H]2C(=O)N2CCN(c3ncccn3)CC2)CN1S(=O)(=O)c1ccccc1. The Morgan fingerprint density at radius 2 is 1.68 bits per heavy atom. The van der Waals surface area contributed by atoms with Crippen LogP contribution in [0.4, 0.5) is 5.95 Å². The fourth-order valence-corrected chi connectivity index (χ4v) is 6.95. The van der Waals surface area contributed by atoms with Crippen LogP contribution in [0.5, 0.6) is 0 Å². The lowest BCUT2D eigenvalue weighted by atomic mass is 9.98. The minimum absolute atomic E-state index is 0.0447. The minimum atomic E-state index is -3.86. The van der Waals surface area contributed by atoms with Gasteiger partial charge in [-0.1, -0.05) is 18.2 Å². The Hall–Kier alpha value is -3.05. The third-order valence-corrected chi connectivity index (χ3v) is 9.10. The molecule has 3 fully saturated rings. The molecule has 11 heteroatoms. The maximum atomic E-state index is 13.4. The van der Waals surface area contributed by atoms with Crippen LogP contribution in [0.2, 0.25) is 0 Å². The Labute approximate surface area is 199 Å². The van der Waals surface area contributed by atoms with Gasteiger partial charge in [-0.2, -0.15) is 4.31 Å². The number of likely N-dealkylation sites (N-methyl/N-ethyl adjacent to an activating group) is 1. The molecule has 0 radical (unpaired) electrons. The smallest absolute Gasteiger partial charge is 0.243 e. The molecule has 2 amide bonds. The van der Waals surface area contributed by atoms with Crippen molar-refractivity contribution in [1.29, 1.82) is 0 Å². The highest BCUT2D eigenvalue weighted by Crippen LogP contribution is 2.61. The van der Waals surface area contributed by atoms with Gasteiger partial charge in [-0.25, -0.2) is 18.4 Å². The Bertz CT molecular complexity index is 1170. The van der Waals surface area contributed by atoms with E-state index >= 15 is 0 Å². The molecular formula is C23H28N6O4S. The lowest BCUT2D eigenvalue weighted by Gasteiger charge is -2.35. The summed E-state index contributed by atoms with van der Waals surface area (Å²) in [6, 6.07) is 9.10. The molecule has 34 heavy (non-hydrogen) atoms. The quantitative estimate of drug-likeness (QED) is 0.651. The number of hydrogen-bond acceptors (Lipinski definition) is 7. The fourth-order valence-electron chi connectivity index (χ4n) is 5.24. The van der Waals surface area contributed by atoms with Gasteiger partial charge in [-0.3, -0.25) is 9.59 Å². The van der Waals surface area contributed by atoms with Crippen LogP contribution in [-0.2, 0) is 19.6 Å². The van der Waals surface area contributed by atoms with Crippen molar-refractivity contribution in [3.63, 3.8) is 0 Å². The van der Waals surface area contributed by atoms with Crippen LogP contribution in [0.15, 0.2) is 53.7 Å². The first-order chi connectivity index (χ1) is 16.4. The lowest BCUT2D eigenvalue weighted by Crippen LogP contribution is -2.50. The van der Waals surface area contributed by atoms with E-state index in [9.17, 15) is 18.0 Å². The summed E-state index contributed by atoms with van der Waals surface area (Å²) in [7, 11) is -2.35. The number of benzene rings is 1. The van der Waals surface area contributed by atoms with Crippen molar-refractivity contribution in [3.05, 3.63) is 48.8 Å². The molecule has 1 aliphatic carbocycles. The van der Waals surface area contributed by atoms with Gasteiger partial charge in [0.2, 0.25) is 27.8 Å². The molecule has 2 saturated heterocycles. The predicted octanol–water partition coefficient (Wildman–Crippen LogP) is 0.341. The minimum Gasteiger partial charge on any atom is -0.358 e. The number of nitrogens with one attached hydrogen (secondary N) is 1. The van der Waals surface area contributed by atoms with Gasteiger partial charge < -0.3 is 15.1 Å². The molecule has 1 aromatic carbocycles. The van der Waals surface area contributed by atoms with E-state index in [2.05, 4.69) is 20.2 Å². The van der Waals surface area contributed by atoms with Crippen molar-refractivity contribution in [3.8, 4) is 0 Å². The van der Waals surface area contributed by atoms with Gasteiger partial charge in [-0.15, -0.1) is 0 Å². The zero-order valence-electron chi connectivity index (χ0n) is 19.0. The molecule has 3 atom stereocenters. The van der Waals surface area contributed by atoms with Crippen LogP contribution < -0.4 is 10.2 Å². The summed E-state index contributed by atoms with van der Waals surface area (Å²) in [6.07, 6.45) is 4.35. The number of sulfonamides is 1. The van der Waals surface area contributed by atoms with Gasteiger partial charge in [0.15, 0.2) is 0 Å². The van der Waals surface area contributed by atoms with Gasteiger partial charge >= 0.3 is 0 Å². The number of anilines is 1. The molecule has 3 aliphatic rings. The summed E-state index contributed by atoms with van der Waals surface area (Å²) >= 11 is 0. The first-order valence-electron chi connectivity index (χ1n) is 11.4. The predicted molar refractivity (Wildman–Crippen MR) is 124 cm³/mol. The van der Waals surface area contributed by atoms with Crippen LogP contribution in [0.1, 0.15) is 12.8 Å². The summed E-state index contributed by atoms with van der Waals surface area (Å²) in [6.45, 7) is 2.59. The Morgan fingerprint density at radius 3 is 2.32 bits per heavy atom. The second kappa shape index (κ2) is 8.62. The van der Waals surface area contributed by atoms with E-state index in [0.29, 0.717) is 45.0 Å². The molecule has 1 saturated carbocycles. The molecule has 1 spiro atoms. The highest BCUT2D eigenvalue weighted by molar-refractivity contribution is 7.89. The topological polar surface area (TPSA) is 116 Å². The molecule has 5 rings (SSSR count). The lowest BCUT2D eigenvalue weighted by molar-refractivity contribution is -0.133. The van der Waals surface area contributed by atoms with E-state index in [1.165, 1.54) is 23.5 Å². The molecule has 0 unspecified atom stereocenters. The normalized spacial score (nSPS) is 27.1. The van der Waals surface area contributed by atoms with Gasteiger partial charge in [0.25, 0.3) is 0 Å².